The van der Waals surface area contributed by atoms with Crippen LogP contribution in [0.15, 0.2) is 24.3 Å². The van der Waals surface area contributed by atoms with E-state index in [1.54, 1.807) is 0 Å². The zero-order valence-corrected chi connectivity index (χ0v) is 15.1. The summed E-state index contributed by atoms with van der Waals surface area (Å²) in [5.74, 6) is 1.10. The van der Waals surface area contributed by atoms with Crippen molar-refractivity contribution in [3.63, 3.8) is 0 Å². The van der Waals surface area contributed by atoms with Crippen molar-refractivity contribution in [2.24, 2.45) is 5.92 Å². The summed E-state index contributed by atoms with van der Waals surface area (Å²) in [6, 6.07) is 7.91. The van der Waals surface area contributed by atoms with E-state index in [1.165, 1.54) is 7.11 Å². The molecule has 26 heavy (non-hydrogen) atoms. The predicted octanol–water partition coefficient (Wildman–Crippen LogP) is 1.89. The summed E-state index contributed by atoms with van der Waals surface area (Å²) >= 11 is 0. The number of nitrogen functional groups attached to an aromatic ring is 1. The Bertz CT molecular complexity index is 774. The van der Waals surface area contributed by atoms with Gasteiger partial charge in [-0.1, -0.05) is 18.2 Å². The summed E-state index contributed by atoms with van der Waals surface area (Å²) in [4.78, 5) is 26.7. The van der Waals surface area contributed by atoms with Gasteiger partial charge in [0.1, 0.15) is 5.82 Å². The molecule has 1 aromatic heterocycles. The van der Waals surface area contributed by atoms with Gasteiger partial charge in [-0.3, -0.25) is 9.69 Å². The van der Waals surface area contributed by atoms with E-state index < -0.39 is 0 Å². The Morgan fingerprint density at radius 3 is 2.69 bits per heavy atom. The first-order chi connectivity index (χ1) is 12.5. The summed E-state index contributed by atoms with van der Waals surface area (Å²) in [6.45, 7) is 4.18. The number of piperidine rings is 1. The number of likely N-dealkylation sites (tertiary alicyclic amines) is 1. The standard InChI is InChI=1S/C18H24N6O2/c1-12-5-3-4-6-14(12)20-18-22-15(21-17(19)23-18)11-24-9-7-13(8-10-24)16(25)26-2/h3-6,13H,7-11H2,1-2H3,(H3,19,20,21,22,23). The smallest absolute Gasteiger partial charge is 0.308 e. The van der Waals surface area contributed by atoms with Crippen LogP contribution in [0.4, 0.5) is 17.6 Å². The number of esters is 1. The highest BCUT2D eigenvalue weighted by Gasteiger charge is 2.26. The van der Waals surface area contributed by atoms with E-state index in [2.05, 4.69) is 25.2 Å². The van der Waals surface area contributed by atoms with E-state index in [9.17, 15) is 4.79 Å². The van der Waals surface area contributed by atoms with Gasteiger partial charge in [0.2, 0.25) is 11.9 Å². The molecule has 8 nitrogen and oxygen atoms in total. The number of nitrogens with one attached hydrogen (secondary N) is 1. The topological polar surface area (TPSA) is 106 Å². The van der Waals surface area contributed by atoms with Crippen LogP contribution in [-0.4, -0.2) is 46.0 Å². The van der Waals surface area contributed by atoms with Gasteiger partial charge in [0.25, 0.3) is 0 Å². The molecule has 0 aliphatic carbocycles. The van der Waals surface area contributed by atoms with Gasteiger partial charge in [-0.05, 0) is 44.5 Å². The van der Waals surface area contributed by atoms with Crippen molar-refractivity contribution in [2.45, 2.75) is 26.3 Å². The van der Waals surface area contributed by atoms with Crippen molar-refractivity contribution < 1.29 is 9.53 Å². The third-order valence-electron chi connectivity index (χ3n) is 4.58. The van der Waals surface area contributed by atoms with E-state index in [1.807, 2.05) is 31.2 Å². The maximum atomic E-state index is 11.6. The third kappa shape index (κ3) is 4.45. The van der Waals surface area contributed by atoms with Crippen LogP contribution < -0.4 is 11.1 Å². The molecule has 0 atom stereocenters. The van der Waals surface area contributed by atoms with Crippen molar-refractivity contribution in [2.75, 3.05) is 31.2 Å². The maximum Gasteiger partial charge on any atom is 0.308 e. The molecule has 2 heterocycles. The summed E-state index contributed by atoms with van der Waals surface area (Å²) in [6.07, 6.45) is 1.56. The van der Waals surface area contributed by atoms with Crippen LogP contribution in [0.25, 0.3) is 0 Å². The van der Waals surface area contributed by atoms with Gasteiger partial charge in [-0.15, -0.1) is 0 Å². The van der Waals surface area contributed by atoms with Crippen LogP contribution in [0.5, 0.6) is 0 Å². The molecule has 138 valence electrons. The number of carbonyl (C=O) groups is 1. The summed E-state index contributed by atoms with van der Waals surface area (Å²) in [5.41, 5.74) is 7.88. The fourth-order valence-corrected chi connectivity index (χ4v) is 3.09. The van der Waals surface area contributed by atoms with Crippen LogP contribution in [0.1, 0.15) is 24.2 Å². The van der Waals surface area contributed by atoms with E-state index in [-0.39, 0.29) is 17.8 Å². The highest BCUT2D eigenvalue weighted by molar-refractivity contribution is 5.72. The minimum atomic E-state index is -0.126. The molecular weight excluding hydrogens is 332 g/mol. The van der Waals surface area contributed by atoms with Crippen molar-refractivity contribution in [3.8, 4) is 0 Å². The number of hydrogen-bond acceptors (Lipinski definition) is 8. The molecule has 0 saturated carbocycles. The molecule has 0 amide bonds. The Balaban J connectivity index is 1.65. The molecule has 3 rings (SSSR count). The number of carbonyl (C=O) groups excluding carboxylic acids is 1. The Labute approximate surface area is 152 Å². The molecule has 2 aromatic rings. The molecule has 0 radical (unpaired) electrons. The maximum absolute atomic E-state index is 11.6. The zero-order valence-electron chi connectivity index (χ0n) is 15.1. The van der Waals surface area contributed by atoms with Crippen LogP contribution in [0.2, 0.25) is 0 Å². The minimum Gasteiger partial charge on any atom is -0.469 e. The molecule has 8 heteroatoms. The summed E-state index contributed by atoms with van der Waals surface area (Å²) < 4.78 is 4.83. The highest BCUT2D eigenvalue weighted by Crippen LogP contribution is 2.21. The monoisotopic (exact) mass is 356 g/mol. The molecule has 3 N–H and O–H groups in total. The highest BCUT2D eigenvalue weighted by atomic mass is 16.5. The second-order valence-electron chi connectivity index (χ2n) is 6.45. The normalized spacial score (nSPS) is 15.6. The van der Waals surface area contributed by atoms with E-state index in [4.69, 9.17) is 10.5 Å². The molecule has 1 aromatic carbocycles. The number of para-hydroxylation sites is 1. The summed E-state index contributed by atoms with van der Waals surface area (Å²) in [7, 11) is 1.44. The number of aryl methyl sites for hydroxylation is 1. The van der Waals surface area contributed by atoms with Gasteiger partial charge in [0, 0.05) is 5.69 Å². The molecule has 0 spiro atoms. The van der Waals surface area contributed by atoms with E-state index >= 15 is 0 Å². The molecule has 1 saturated heterocycles. The zero-order chi connectivity index (χ0) is 18.5. The lowest BCUT2D eigenvalue weighted by atomic mass is 9.97. The SMILES string of the molecule is COC(=O)C1CCN(Cc2nc(N)nc(Nc3ccccc3C)n2)CC1. The summed E-state index contributed by atoms with van der Waals surface area (Å²) in [5, 5.41) is 3.20. The Morgan fingerprint density at radius 1 is 1.27 bits per heavy atom. The minimum absolute atomic E-state index is 0.0158. The van der Waals surface area contributed by atoms with Crippen molar-refractivity contribution >= 4 is 23.6 Å². The number of methoxy groups -OCH3 is 1. The molecule has 0 bridgehead atoms. The first-order valence-corrected chi connectivity index (χ1v) is 8.68. The Hall–Kier alpha value is -2.74. The second-order valence-corrected chi connectivity index (χ2v) is 6.45. The number of ether oxygens (including phenoxy) is 1. The van der Waals surface area contributed by atoms with Crippen molar-refractivity contribution in [3.05, 3.63) is 35.7 Å². The number of rotatable bonds is 5. The molecule has 1 aliphatic rings. The van der Waals surface area contributed by atoms with Gasteiger partial charge in [-0.25, -0.2) is 0 Å². The lowest BCUT2D eigenvalue weighted by Gasteiger charge is -2.29. The fourth-order valence-electron chi connectivity index (χ4n) is 3.09. The predicted molar refractivity (Wildman–Crippen MR) is 98.7 cm³/mol. The van der Waals surface area contributed by atoms with Crippen molar-refractivity contribution in [1.29, 1.82) is 0 Å². The van der Waals surface area contributed by atoms with Crippen LogP contribution in [0, 0.1) is 12.8 Å². The fraction of sp³-hybridized carbons (Fsp3) is 0.444. The lowest BCUT2D eigenvalue weighted by Crippen LogP contribution is -2.36. The van der Waals surface area contributed by atoms with Gasteiger partial charge in [-0.2, -0.15) is 15.0 Å². The first-order valence-electron chi connectivity index (χ1n) is 8.68. The first kappa shape index (κ1) is 18.1. The van der Waals surface area contributed by atoms with Gasteiger partial charge < -0.3 is 15.8 Å². The van der Waals surface area contributed by atoms with Gasteiger partial charge in [0.15, 0.2) is 0 Å². The number of nitrogens with two attached hydrogens (primary N) is 1. The van der Waals surface area contributed by atoms with Crippen LogP contribution in [-0.2, 0) is 16.1 Å². The quantitative estimate of drug-likeness (QED) is 0.782. The second kappa shape index (κ2) is 8.09. The van der Waals surface area contributed by atoms with Crippen LogP contribution in [0.3, 0.4) is 0 Å². The Kier molecular flexibility index (Phi) is 5.62. The molecule has 1 fully saturated rings. The van der Waals surface area contributed by atoms with Crippen molar-refractivity contribution in [1.82, 2.24) is 19.9 Å². The van der Waals surface area contributed by atoms with Crippen LogP contribution >= 0.6 is 0 Å². The van der Waals surface area contributed by atoms with E-state index in [0.29, 0.717) is 18.3 Å². The molecule has 0 unspecified atom stereocenters. The third-order valence-corrected chi connectivity index (χ3v) is 4.58. The number of anilines is 3. The Morgan fingerprint density at radius 2 is 2.00 bits per heavy atom. The van der Waals surface area contributed by atoms with Gasteiger partial charge >= 0.3 is 5.97 Å². The average Bonchev–Trinajstić information content (AvgIpc) is 2.63. The number of aromatic nitrogens is 3. The van der Waals surface area contributed by atoms with E-state index in [0.717, 1.165) is 37.2 Å². The molecular formula is C18H24N6O2. The number of nitrogens with zero attached hydrogens (tertiary/aromatic N) is 4. The number of hydrogen-bond donors (Lipinski definition) is 2. The average molecular weight is 356 g/mol. The lowest BCUT2D eigenvalue weighted by molar-refractivity contribution is -0.147. The van der Waals surface area contributed by atoms with Gasteiger partial charge in [0.05, 0.1) is 19.6 Å². The molecule has 1 aliphatic heterocycles. The number of benzene rings is 1. The largest absolute Gasteiger partial charge is 0.469 e.